The van der Waals surface area contributed by atoms with E-state index in [1.807, 2.05) is 0 Å². The van der Waals surface area contributed by atoms with Crippen molar-refractivity contribution in [2.45, 2.75) is 0 Å². The monoisotopic (exact) mass is 388 g/mol. The summed E-state index contributed by atoms with van der Waals surface area (Å²) in [4.78, 5) is 0. The summed E-state index contributed by atoms with van der Waals surface area (Å²) in [5.41, 5.74) is 1.27. The van der Waals surface area contributed by atoms with Gasteiger partial charge >= 0.3 is 115 Å². The molecule has 0 fully saturated rings. The minimum absolute atomic E-state index is 0.178. The third-order valence-corrected chi connectivity index (χ3v) is 4.94. The topological polar surface area (TPSA) is 0 Å². The molecule has 0 saturated heterocycles. The summed E-state index contributed by atoms with van der Waals surface area (Å²) in [5.74, 6) is 0. The van der Waals surface area contributed by atoms with Gasteiger partial charge in [-0.2, -0.15) is 0 Å². The second kappa shape index (κ2) is 6.25. The Bertz CT molecular complexity index is 460. The van der Waals surface area contributed by atoms with Gasteiger partial charge in [-0.05, 0) is 0 Å². The summed E-state index contributed by atoms with van der Waals surface area (Å²) in [5, 5.41) is 0. The normalized spacial score (nSPS) is 10.8. The van der Waals surface area contributed by atoms with E-state index < -0.39 is 0 Å². The van der Waals surface area contributed by atoms with Crippen LogP contribution in [0.3, 0.4) is 0 Å². The van der Waals surface area contributed by atoms with Crippen LogP contribution in [0.2, 0.25) is 0 Å². The molecule has 16 heavy (non-hydrogen) atoms. The fourth-order valence-electron chi connectivity index (χ4n) is 1.26. The van der Waals surface area contributed by atoms with Gasteiger partial charge in [-0.25, -0.2) is 0 Å². The Morgan fingerprint density at radius 3 is 2.25 bits per heavy atom. The molecule has 2 aromatic carbocycles. The SMILES string of the molecule is Brc1ccc(/C=C/[Te]c2ccccc2)cc1. The van der Waals surface area contributed by atoms with Gasteiger partial charge in [0.1, 0.15) is 0 Å². The fourth-order valence-corrected chi connectivity index (χ4v) is 3.52. The first-order chi connectivity index (χ1) is 7.84. The van der Waals surface area contributed by atoms with Gasteiger partial charge in [0.25, 0.3) is 0 Å². The van der Waals surface area contributed by atoms with Crippen molar-refractivity contribution in [3.63, 3.8) is 0 Å². The second-order valence-corrected chi connectivity index (χ2v) is 7.00. The van der Waals surface area contributed by atoms with Crippen molar-refractivity contribution >= 4 is 46.5 Å². The van der Waals surface area contributed by atoms with Gasteiger partial charge in [0, 0.05) is 0 Å². The molecule has 2 heteroatoms. The number of hydrogen-bond acceptors (Lipinski definition) is 0. The number of rotatable bonds is 3. The Labute approximate surface area is 115 Å². The van der Waals surface area contributed by atoms with E-state index in [0.717, 1.165) is 4.47 Å². The van der Waals surface area contributed by atoms with Crippen molar-refractivity contribution in [2.75, 3.05) is 0 Å². The van der Waals surface area contributed by atoms with E-state index in [9.17, 15) is 0 Å². The molecule has 80 valence electrons. The van der Waals surface area contributed by atoms with Gasteiger partial charge in [-0.1, -0.05) is 0 Å². The van der Waals surface area contributed by atoms with Crippen molar-refractivity contribution in [3.8, 4) is 0 Å². The molecule has 2 aromatic rings. The molecule has 0 aliphatic carbocycles. The quantitative estimate of drug-likeness (QED) is 0.709. The summed E-state index contributed by atoms with van der Waals surface area (Å²) in [6, 6.07) is 19.1. The predicted octanol–water partition coefficient (Wildman–Crippen LogP) is 3.45. The predicted molar refractivity (Wildman–Crippen MR) is 75.0 cm³/mol. The zero-order valence-corrected chi connectivity index (χ0v) is 12.6. The number of hydrogen-bond donors (Lipinski definition) is 0. The first-order valence-corrected chi connectivity index (χ1v) is 8.29. The summed E-state index contributed by atoms with van der Waals surface area (Å²) >= 11 is 3.26. The molecule has 0 heterocycles. The zero-order valence-electron chi connectivity index (χ0n) is 8.64. The van der Waals surface area contributed by atoms with Crippen molar-refractivity contribution in [1.82, 2.24) is 0 Å². The van der Waals surface area contributed by atoms with Gasteiger partial charge in [-0.15, -0.1) is 0 Å². The average Bonchev–Trinajstić information content (AvgIpc) is 2.33. The van der Waals surface area contributed by atoms with Crippen LogP contribution in [0.4, 0.5) is 0 Å². The third-order valence-electron chi connectivity index (χ3n) is 2.08. The molecule has 2 rings (SSSR count). The Balaban J connectivity index is 1.98. The van der Waals surface area contributed by atoms with E-state index in [2.05, 4.69) is 80.7 Å². The van der Waals surface area contributed by atoms with Gasteiger partial charge in [0.2, 0.25) is 0 Å². The maximum atomic E-state index is 3.43. The zero-order chi connectivity index (χ0) is 11.2. The molecule has 0 aliphatic rings. The minimum atomic E-state index is -0.178. The Hall–Kier alpha value is -0.550. The fraction of sp³-hybridized carbons (Fsp3) is 0. The summed E-state index contributed by atoms with van der Waals surface area (Å²) in [6.45, 7) is 0. The van der Waals surface area contributed by atoms with E-state index in [1.165, 1.54) is 9.17 Å². The molecule has 0 bridgehead atoms. The van der Waals surface area contributed by atoms with Crippen molar-refractivity contribution in [1.29, 1.82) is 0 Å². The van der Waals surface area contributed by atoms with Gasteiger partial charge in [0.05, 0.1) is 0 Å². The van der Waals surface area contributed by atoms with Gasteiger partial charge < -0.3 is 0 Å². The molecular weight excluding hydrogens is 376 g/mol. The third kappa shape index (κ3) is 3.79. The van der Waals surface area contributed by atoms with Gasteiger partial charge in [0.15, 0.2) is 0 Å². The van der Waals surface area contributed by atoms with Crippen LogP contribution in [0.25, 0.3) is 6.08 Å². The van der Waals surface area contributed by atoms with Crippen molar-refractivity contribution in [2.24, 2.45) is 0 Å². The Morgan fingerprint density at radius 1 is 0.875 bits per heavy atom. The van der Waals surface area contributed by atoms with E-state index in [4.69, 9.17) is 0 Å². The van der Waals surface area contributed by atoms with Crippen LogP contribution < -0.4 is 3.61 Å². The van der Waals surface area contributed by atoms with E-state index in [1.54, 1.807) is 0 Å². The molecule has 0 N–H and O–H groups in total. The molecule has 0 amide bonds. The molecule has 0 atom stereocenters. The Kier molecular flexibility index (Phi) is 4.66. The molecule has 0 nitrogen and oxygen atoms in total. The summed E-state index contributed by atoms with van der Waals surface area (Å²) in [6.07, 6.45) is 2.21. The van der Waals surface area contributed by atoms with Crippen LogP contribution in [0.5, 0.6) is 0 Å². The first kappa shape index (κ1) is 11.9. The van der Waals surface area contributed by atoms with Crippen LogP contribution in [-0.4, -0.2) is 20.9 Å². The van der Waals surface area contributed by atoms with Crippen molar-refractivity contribution < 1.29 is 0 Å². The van der Waals surface area contributed by atoms with Crippen molar-refractivity contribution in [3.05, 3.63) is 68.8 Å². The van der Waals surface area contributed by atoms with Crippen LogP contribution >= 0.6 is 15.9 Å². The average molecular weight is 387 g/mol. The number of benzene rings is 2. The van der Waals surface area contributed by atoms with E-state index >= 15 is 0 Å². The molecule has 0 radical (unpaired) electrons. The van der Waals surface area contributed by atoms with Crippen LogP contribution in [0, 0.1) is 0 Å². The van der Waals surface area contributed by atoms with Crippen LogP contribution in [0.15, 0.2) is 63.2 Å². The molecule has 0 unspecified atom stereocenters. The molecular formula is C14H11BrTe. The number of halogens is 1. The first-order valence-electron chi connectivity index (χ1n) is 4.98. The maximum absolute atomic E-state index is 3.43. The Morgan fingerprint density at radius 2 is 1.56 bits per heavy atom. The van der Waals surface area contributed by atoms with E-state index in [-0.39, 0.29) is 20.9 Å². The van der Waals surface area contributed by atoms with E-state index in [0.29, 0.717) is 0 Å². The standard InChI is InChI=1S/C14H11BrTe/c15-13-8-6-12(7-9-13)10-11-16-14-4-2-1-3-5-14/h1-11H/b11-10+. The van der Waals surface area contributed by atoms with Crippen LogP contribution in [-0.2, 0) is 0 Å². The molecule has 0 aromatic heterocycles. The second-order valence-electron chi connectivity index (χ2n) is 3.29. The molecule has 0 saturated carbocycles. The van der Waals surface area contributed by atoms with Crippen LogP contribution in [0.1, 0.15) is 5.56 Å². The molecule has 0 aliphatic heterocycles. The summed E-state index contributed by atoms with van der Waals surface area (Å²) < 4.78 is 4.93. The van der Waals surface area contributed by atoms with Gasteiger partial charge in [-0.3, -0.25) is 0 Å². The summed E-state index contributed by atoms with van der Waals surface area (Å²) in [7, 11) is 0. The molecule has 0 spiro atoms.